The number of hydrogen-bond acceptors (Lipinski definition) is 6. The van der Waals surface area contributed by atoms with Gasteiger partial charge in [-0.3, -0.25) is 4.79 Å². The molecule has 160 valence electrons. The molecule has 0 N–H and O–H groups in total. The number of carbonyl (C=O) groups excluding carboxylic acids is 1. The van der Waals surface area contributed by atoms with Crippen LogP contribution in [0, 0.1) is 5.92 Å². The Kier molecular flexibility index (Phi) is 5.53. The van der Waals surface area contributed by atoms with Gasteiger partial charge >= 0.3 is 5.97 Å². The van der Waals surface area contributed by atoms with Crippen LogP contribution < -0.4 is 0 Å². The molecule has 2 saturated carbocycles. The summed E-state index contributed by atoms with van der Waals surface area (Å²) in [6.45, 7) is 0. The normalized spacial score (nSPS) is 23.5. The maximum Gasteiger partial charge on any atom is 0.313 e. The van der Waals surface area contributed by atoms with Crippen molar-refractivity contribution in [2.45, 2.75) is 66.9 Å². The van der Waals surface area contributed by atoms with Crippen LogP contribution in [0.25, 0.3) is 0 Å². The van der Waals surface area contributed by atoms with Crippen LogP contribution in [0.15, 0.2) is 23.1 Å². The van der Waals surface area contributed by atoms with Gasteiger partial charge in [0.05, 0.1) is 34.7 Å². The van der Waals surface area contributed by atoms with E-state index in [1.54, 1.807) is 12.1 Å². The van der Waals surface area contributed by atoms with Crippen molar-refractivity contribution in [2.75, 3.05) is 18.6 Å². The van der Waals surface area contributed by atoms with Crippen molar-refractivity contribution < 1.29 is 26.4 Å². The van der Waals surface area contributed by atoms with Gasteiger partial charge in [-0.25, -0.2) is 16.8 Å². The fourth-order valence-corrected chi connectivity index (χ4v) is 7.85. The van der Waals surface area contributed by atoms with Crippen molar-refractivity contribution >= 4 is 25.6 Å². The van der Waals surface area contributed by atoms with Gasteiger partial charge in [0, 0.05) is 0 Å². The highest BCUT2D eigenvalue weighted by molar-refractivity contribution is 7.92. The quantitative estimate of drug-likeness (QED) is 0.605. The average Bonchev–Trinajstić information content (AvgIpc) is 3.58. The summed E-state index contributed by atoms with van der Waals surface area (Å²) in [5.74, 6) is -0.132. The van der Waals surface area contributed by atoms with E-state index in [4.69, 9.17) is 4.74 Å². The second-order valence-electron chi connectivity index (χ2n) is 8.72. The Morgan fingerprint density at radius 1 is 1.10 bits per heavy atom. The smallest absolute Gasteiger partial charge is 0.313 e. The molecule has 0 amide bonds. The van der Waals surface area contributed by atoms with E-state index in [1.807, 2.05) is 6.07 Å². The topological polar surface area (TPSA) is 94.6 Å². The molecule has 8 heteroatoms. The maximum absolute atomic E-state index is 12.8. The maximum atomic E-state index is 12.8. The second kappa shape index (κ2) is 7.69. The zero-order chi connectivity index (χ0) is 20.8. The van der Waals surface area contributed by atoms with E-state index >= 15 is 0 Å². The standard InChI is InChI=1S/C21H28O6S2/c1-27-21(22)19(12-14-8-10-28(23,24)11-9-14)16-4-7-20(18(13-16)15-2-3-15)29(25,26)17-5-6-17/h4,7,13-15,17,19H,2-3,5-6,8-12H2,1H3. The van der Waals surface area contributed by atoms with Crippen molar-refractivity contribution in [1.82, 2.24) is 0 Å². The molecule has 0 radical (unpaired) electrons. The monoisotopic (exact) mass is 440 g/mol. The second-order valence-corrected chi connectivity index (χ2v) is 13.2. The molecule has 0 spiro atoms. The van der Waals surface area contributed by atoms with Crippen LogP contribution in [-0.4, -0.2) is 46.7 Å². The van der Waals surface area contributed by atoms with Gasteiger partial charge in [-0.2, -0.15) is 0 Å². The van der Waals surface area contributed by atoms with E-state index in [0.717, 1.165) is 36.8 Å². The lowest BCUT2D eigenvalue weighted by molar-refractivity contribution is -0.142. The zero-order valence-corrected chi connectivity index (χ0v) is 18.3. The Balaban J connectivity index is 1.62. The van der Waals surface area contributed by atoms with Crippen molar-refractivity contribution in [3.8, 4) is 0 Å². The molecule has 1 heterocycles. The molecular formula is C21H28O6S2. The van der Waals surface area contributed by atoms with Crippen molar-refractivity contribution in [2.24, 2.45) is 5.92 Å². The number of benzene rings is 1. The summed E-state index contributed by atoms with van der Waals surface area (Å²) in [6.07, 6.45) is 5.03. The first-order chi connectivity index (χ1) is 13.7. The minimum Gasteiger partial charge on any atom is -0.469 e. The Morgan fingerprint density at radius 2 is 1.76 bits per heavy atom. The molecule has 1 unspecified atom stereocenters. The fourth-order valence-electron chi connectivity index (χ4n) is 4.33. The van der Waals surface area contributed by atoms with Gasteiger partial charge in [0.1, 0.15) is 9.84 Å². The summed E-state index contributed by atoms with van der Waals surface area (Å²) in [5.41, 5.74) is 1.62. The number of esters is 1. The molecule has 0 aromatic heterocycles. The average molecular weight is 441 g/mol. The lowest BCUT2D eigenvalue weighted by Crippen LogP contribution is -2.26. The number of hydrogen-bond donors (Lipinski definition) is 0. The number of ether oxygens (including phenoxy) is 1. The van der Waals surface area contributed by atoms with Crippen LogP contribution >= 0.6 is 0 Å². The van der Waals surface area contributed by atoms with E-state index in [0.29, 0.717) is 24.2 Å². The SMILES string of the molecule is COC(=O)C(CC1CCS(=O)(=O)CC1)c1ccc(S(=O)(=O)C2CC2)c(C2CC2)c1. The van der Waals surface area contributed by atoms with Gasteiger partial charge in [-0.15, -0.1) is 0 Å². The number of sulfone groups is 2. The van der Waals surface area contributed by atoms with Crippen molar-refractivity contribution in [3.63, 3.8) is 0 Å². The Morgan fingerprint density at radius 3 is 2.31 bits per heavy atom. The van der Waals surface area contributed by atoms with Gasteiger partial charge in [0.2, 0.25) is 0 Å². The lowest BCUT2D eigenvalue weighted by Gasteiger charge is -2.26. The third-order valence-corrected chi connectivity index (χ3v) is 10.5. The highest BCUT2D eigenvalue weighted by atomic mass is 32.2. The molecule has 3 aliphatic rings. The summed E-state index contributed by atoms with van der Waals surface area (Å²) in [4.78, 5) is 13.0. The Hall–Kier alpha value is -1.41. The molecule has 1 saturated heterocycles. The molecule has 3 fully saturated rings. The zero-order valence-electron chi connectivity index (χ0n) is 16.7. The number of carbonyl (C=O) groups is 1. The summed E-state index contributed by atoms with van der Waals surface area (Å²) in [7, 11) is -4.90. The fraction of sp³-hybridized carbons (Fsp3) is 0.667. The van der Waals surface area contributed by atoms with Crippen LogP contribution in [0.3, 0.4) is 0 Å². The third-order valence-electron chi connectivity index (χ3n) is 6.45. The van der Waals surface area contributed by atoms with Gasteiger partial charge in [0.25, 0.3) is 0 Å². The third kappa shape index (κ3) is 4.53. The molecule has 1 aromatic rings. The number of methoxy groups -OCH3 is 1. The highest BCUT2D eigenvalue weighted by Gasteiger charge is 2.41. The van der Waals surface area contributed by atoms with E-state index in [9.17, 15) is 21.6 Å². The van der Waals surface area contributed by atoms with Crippen LogP contribution in [-0.2, 0) is 29.2 Å². The molecule has 29 heavy (non-hydrogen) atoms. The summed E-state index contributed by atoms with van der Waals surface area (Å²) in [5, 5.41) is -0.258. The first kappa shape index (κ1) is 20.8. The predicted octanol–water partition coefficient (Wildman–Crippen LogP) is 2.97. The predicted molar refractivity (Wildman–Crippen MR) is 109 cm³/mol. The van der Waals surface area contributed by atoms with Gasteiger partial charge in [-0.05, 0) is 74.0 Å². The highest BCUT2D eigenvalue weighted by Crippen LogP contribution is 2.46. The van der Waals surface area contributed by atoms with Crippen LogP contribution in [0.4, 0.5) is 0 Å². The van der Waals surface area contributed by atoms with Crippen LogP contribution in [0.1, 0.15) is 67.9 Å². The van der Waals surface area contributed by atoms with E-state index in [1.165, 1.54) is 7.11 Å². The first-order valence-corrected chi connectivity index (χ1v) is 13.7. The minimum absolute atomic E-state index is 0.141. The number of rotatable bonds is 7. The van der Waals surface area contributed by atoms with Crippen LogP contribution in [0.2, 0.25) is 0 Å². The van der Waals surface area contributed by atoms with Gasteiger partial charge < -0.3 is 4.74 Å². The Labute approximate surface area is 172 Å². The van der Waals surface area contributed by atoms with Crippen LogP contribution in [0.5, 0.6) is 0 Å². The van der Waals surface area contributed by atoms with E-state index in [2.05, 4.69) is 0 Å². The summed E-state index contributed by atoms with van der Waals surface area (Å²) in [6, 6.07) is 5.33. The van der Waals surface area contributed by atoms with E-state index < -0.39 is 25.6 Å². The molecule has 1 atom stereocenters. The Bertz CT molecular complexity index is 990. The van der Waals surface area contributed by atoms with Crippen molar-refractivity contribution in [1.29, 1.82) is 0 Å². The van der Waals surface area contributed by atoms with Gasteiger partial charge in [0.15, 0.2) is 9.84 Å². The minimum atomic E-state index is -3.29. The molecule has 6 nitrogen and oxygen atoms in total. The molecular weight excluding hydrogens is 412 g/mol. The van der Waals surface area contributed by atoms with Gasteiger partial charge in [-0.1, -0.05) is 12.1 Å². The molecule has 0 bridgehead atoms. The summed E-state index contributed by atoms with van der Waals surface area (Å²) >= 11 is 0. The molecule has 4 rings (SSSR count). The first-order valence-electron chi connectivity index (χ1n) is 10.4. The largest absolute Gasteiger partial charge is 0.469 e. The summed E-state index contributed by atoms with van der Waals surface area (Å²) < 4.78 is 54.2. The molecule has 2 aliphatic carbocycles. The molecule has 1 aliphatic heterocycles. The van der Waals surface area contributed by atoms with E-state index in [-0.39, 0.29) is 34.6 Å². The lowest BCUT2D eigenvalue weighted by atomic mass is 9.85. The molecule has 1 aromatic carbocycles. The van der Waals surface area contributed by atoms with Crippen molar-refractivity contribution in [3.05, 3.63) is 29.3 Å².